The van der Waals surface area contributed by atoms with Gasteiger partial charge in [-0.1, -0.05) is 36.4 Å². The van der Waals surface area contributed by atoms with Crippen molar-refractivity contribution >= 4 is 0 Å². The summed E-state index contributed by atoms with van der Waals surface area (Å²) < 4.78 is 38.2. The fourth-order valence-electron chi connectivity index (χ4n) is 3.59. The fraction of sp³-hybridized carbons (Fsp3) is 0.350. The Morgan fingerprint density at radius 3 is 2.46 bits per heavy atom. The zero-order valence-electron chi connectivity index (χ0n) is 15.0. The van der Waals surface area contributed by atoms with E-state index in [1.54, 1.807) is 0 Å². The van der Waals surface area contributed by atoms with E-state index in [0.717, 1.165) is 48.1 Å². The van der Waals surface area contributed by atoms with Crippen LogP contribution in [0.25, 0.3) is 11.4 Å². The largest absolute Gasteiger partial charge is 0.416 e. The third-order valence-corrected chi connectivity index (χ3v) is 5.10. The van der Waals surface area contributed by atoms with Crippen molar-refractivity contribution in [1.82, 2.24) is 20.2 Å². The molecule has 1 heterocycles. The lowest BCUT2D eigenvalue weighted by atomic mass is 9.98. The zero-order chi connectivity index (χ0) is 19.7. The van der Waals surface area contributed by atoms with Gasteiger partial charge in [0.15, 0.2) is 0 Å². The molecule has 28 heavy (non-hydrogen) atoms. The molecule has 0 spiro atoms. The van der Waals surface area contributed by atoms with E-state index < -0.39 is 17.8 Å². The van der Waals surface area contributed by atoms with Crippen molar-refractivity contribution in [3.05, 3.63) is 65.2 Å². The first-order valence-corrected chi connectivity index (χ1v) is 9.14. The molecule has 5 nitrogen and oxygen atoms in total. The Labute approximate surface area is 159 Å². The van der Waals surface area contributed by atoms with Gasteiger partial charge in [-0.25, -0.2) is 0 Å². The highest BCUT2D eigenvalue weighted by Gasteiger charge is 2.30. The van der Waals surface area contributed by atoms with E-state index in [2.05, 4.69) is 15.4 Å². The average molecular weight is 388 g/mol. The second-order valence-corrected chi connectivity index (χ2v) is 7.03. The summed E-state index contributed by atoms with van der Waals surface area (Å²) in [5.74, 6) is 0.446. The van der Waals surface area contributed by atoms with Gasteiger partial charge in [-0.2, -0.15) is 18.0 Å². The fourth-order valence-corrected chi connectivity index (χ4v) is 3.59. The number of alkyl halides is 3. The lowest BCUT2D eigenvalue weighted by molar-refractivity contribution is -0.137. The topological polar surface area (TPSA) is 63.8 Å². The van der Waals surface area contributed by atoms with Gasteiger partial charge in [-0.15, -0.1) is 10.2 Å². The molecule has 2 aromatic carbocycles. The second kappa shape index (κ2) is 7.35. The summed E-state index contributed by atoms with van der Waals surface area (Å²) in [7, 11) is 0. The lowest BCUT2D eigenvalue weighted by Crippen LogP contribution is -2.20. The zero-order valence-corrected chi connectivity index (χ0v) is 15.0. The van der Waals surface area contributed by atoms with E-state index in [1.165, 1.54) is 16.9 Å². The molecule has 1 saturated carbocycles. The lowest BCUT2D eigenvalue weighted by Gasteiger charge is -2.12. The Balaban J connectivity index is 1.58. The molecule has 1 aliphatic carbocycles. The minimum Gasteiger partial charge on any atom is -0.391 e. The summed E-state index contributed by atoms with van der Waals surface area (Å²) in [5, 5.41) is 22.7. The molecule has 0 bridgehead atoms. The first kappa shape index (κ1) is 18.6. The monoisotopic (exact) mass is 388 g/mol. The van der Waals surface area contributed by atoms with Crippen LogP contribution in [0.5, 0.6) is 0 Å². The van der Waals surface area contributed by atoms with Crippen LogP contribution in [-0.4, -0.2) is 31.4 Å². The van der Waals surface area contributed by atoms with Gasteiger partial charge in [0.05, 0.1) is 17.7 Å². The van der Waals surface area contributed by atoms with Crippen molar-refractivity contribution in [2.75, 3.05) is 0 Å². The molecule has 0 saturated heterocycles. The van der Waals surface area contributed by atoms with E-state index in [4.69, 9.17) is 0 Å². The summed E-state index contributed by atoms with van der Waals surface area (Å²) in [6.45, 7) is 0. The number of tetrazole rings is 1. The minimum absolute atomic E-state index is 0.164. The molecule has 3 aromatic rings. The van der Waals surface area contributed by atoms with Crippen molar-refractivity contribution in [3.8, 4) is 11.4 Å². The molecule has 1 aromatic heterocycles. The van der Waals surface area contributed by atoms with Gasteiger partial charge in [0.1, 0.15) is 0 Å². The van der Waals surface area contributed by atoms with Gasteiger partial charge in [0.25, 0.3) is 0 Å². The first-order chi connectivity index (χ1) is 13.4. The van der Waals surface area contributed by atoms with Crippen LogP contribution in [0.15, 0.2) is 48.5 Å². The molecule has 1 N–H and O–H groups in total. The maximum absolute atomic E-state index is 12.7. The maximum Gasteiger partial charge on any atom is 0.416 e. The molecule has 8 heteroatoms. The van der Waals surface area contributed by atoms with Gasteiger partial charge in [-0.3, -0.25) is 0 Å². The molecule has 0 amide bonds. The Morgan fingerprint density at radius 2 is 1.79 bits per heavy atom. The maximum atomic E-state index is 12.7. The van der Waals surface area contributed by atoms with Gasteiger partial charge < -0.3 is 5.11 Å². The van der Waals surface area contributed by atoms with Crippen molar-refractivity contribution in [2.24, 2.45) is 0 Å². The quantitative estimate of drug-likeness (QED) is 0.733. The second-order valence-electron chi connectivity index (χ2n) is 7.03. The molecule has 0 unspecified atom stereocenters. The number of halogens is 3. The molecule has 0 radical (unpaired) electrons. The molecular formula is C20H19F3N4O. The number of rotatable bonds is 4. The average Bonchev–Trinajstić information content (AvgIpc) is 3.31. The smallest absolute Gasteiger partial charge is 0.391 e. The van der Waals surface area contributed by atoms with E-state index in [0.29, 0.717) is 12.2 Å². The van der Waals surface area contributed by atoms with Crippen molar-refractivity contribution in [3.63, 3.8) is 0 Å². The number of aliphatic hydroxyl groups is 1. The predicted molar refractivity (Wildman–Crippen MR) is 96.4 cm³/mol. The summed E-state index contributed by atoms with van der Waals surface area (Å²) in [5.41, 5.74) is 1.78. The molecule has 1 aliphatic rings. The molecular weight excluding hydrogens is 369 g/mol. The van der Waals surface area contributed by atoms with Crippen molar-refractivity contribution < 1.29 is 18.3 Å². The van der Waals surface area contributed by atoms with Crippen LogP contribution in [0, 0.1) is 0 Å². The molecule has 1 fully saturated rings. The van der Waals surface area contributed by atoms with E-state index in [9.17, 15) is 18.3 Å². The molecule has 0 aliphatic heterocycles. The number of benzene rings is 2. The highest BCUT2D eigenvalue weighted by Crippen LogP contribution is 2.31. The van der Waals surface area contributed by atoms with E-state index in [1.807, 2.05) is 24.3 Å². The molecule has 146 valence electrons. The van der Waals surface area contributed by atoms with E-state index >= 15 is 0 Å². The highest BCUT2D eigenvalue weighted by atomic mass is 19.4. The molecule has 2 atom stereocenters. The summed E-state index contributed by atoms with van der Waals surface area (Å²) in [6.07, 6.45) is -1.90. The number of nitrogens with zero attached hydrogens (tertiary/aromatic N) is 4. The van der Waals surface area contributed by atoms with Gasteiger partial charge in [0, 0.05) is 5.56 Å². The molecule has 4 rings (SSSR count). The van der Waals surface area contributed by atoms with Crippen LogP contribution in [0.4, 0.5) is 13.2 Å². The van der Waals surface area contributed by atoms with Gasteiger partial charge in [0.2, 0.25) is 5.82 Å². The summed E-state index contributed by atoms with van der Waals surface area (Å²) in [4.78, 5) is 1.47. The number of aliphatic hydroxyl groups excluding tert-OH is 1. The Hall–Kier alpha value is -2.74. The third-order valence-electron chi connectivity index (χ3n) is 5.10. The first-order valence-electron chi connectivity index (χ1n) is 9.14. The number of aromatic nitrogens is 4. The normalized spacial score (nSPS) is 19.9. The van der Waals surface area contributed by atoms with Gasteiger partial charge in [-0.05, 0) is 54.2 Å². The van der Waals surface area contributed by atoms with E-state index in [-0.39, 0.29) is 6.04 Å². The summed E-state index contributed by atoms with van der Waals surface area (Å²) in [6, 6.07) is 12.5. The van der Waals surface area contributed by atoms with Crippen molar-refractivity contribution in [1.29, 1.82) is 0 Å². The van der Waals surface area contributed by atoms with Crippen LogP contribution in [0.1, 0.15) is 42.0 Å². The number of hydrogen-bond acceptors (Lipinski definition) is 4. The SMILES string of the molecule is O[C@H]1CCC[C@@H]1n1nnc(-c2ccccc2Cc2ccc(C(F)(F)F)cc2)n1. The third kappa shape index (κ3) is 3.77. The van der Waals surface area contributed by atoms with Crippen LogP contribution in [0.2, 0.25) is 0 Å². The number of hydrogen-bond donors (Lipinski definition) is 1. The van der Waals surface area contributed by atoms with Crippen LogP contribution in [-0.2, 0) is 12.6 Å². The Morgan fingerprint density at radius 1 is 1.04 bits per heavy atom. The highest BCUT2D eigenvalue weighted by molar-refractivity contribution is 5.60. The Kier molecular flexibility index (Phi) is 4.89. The standard InChI is InChI=1S/C20H19F3N4O/c21-20(22,23)15-10-8-13(9-11-15)12-14-4-1-2-5-16(14)19-24-26-27(25-19)17-6-3-7-18(17)28/h1-2,4-5,8-11,17-18,28H,3,6-7,12H2/t17-,18-/m0/s1. The van der Waals surface area contributed by atoms with Gasteiger partial charge >= 0.3 is 6.18 Å². The van der Waals surface area contributed by atoms with Crippen molar-refractivity contribution in [2.45, 2.75) is 44.0 Å². The summed E-state index contributed by atoms with van der Waals surface area (Å²) >= 11 is 0. The Bertz CT molecular complexity index is 953. The van der Waals surface area contributed by atoms with Crippen LogP contribution >= 0.6 is 0 Å². The van der Waals surface area contributed by atoms with Crippen LogP contribution < -0.4 is 0 Å². The minimum atomic E-state index is -4.34. The predicted octanol–water partition coefficient (Wildman–Crippen LogP) is 4.04. The van der Waals surface area contributed by atoms with Crippen LogP contribution in [0.3, 0.4) is 0 Å².